The summed E-state index contributed by atoms with van der Waals surface area (Å²) < 4.78 is 0. The maximum atomic E-state index is 12.8. The Hall–Kier alpha value is -1.20. The van der Waals surface area contributed by atoms with Crippen LogP contribution < -0.4 is 0 Å². The lowest BCUT2D eigenvalue weighted by Gasteiger charge is -2.71. The monoisotopic (exact) mass is 486 g/mol. The third-order valence-electron chi connectivity index (χ3n) is 13.0. The SMILES string of the molecule is CC1(C)CC[C@]2(C(=O)O)[C@H](O)C[C@]3(C)C(=CC[C@@H]4[C@@]5(C)CC[C@H](O)[C@@](C)(C=O)[C@@H]5CC[C@]43C)[C@H]2C1. The van der Waals surface area contributed by atoms with Crippen molar-refractivity contribution in [2.75, 3.05) is 0 Å². The number of carboxylic acids is 1. The first-order valence-electron chi connectivity index (χ1n) is 13.9. The molecule has 0 aromatic carbocycles. The molecule has 0 bridgehead atoms. The van der Waals surface area contributed by atoms with Crippen LogP contribution in [0.5, 0.6) is 0 Å². The molecule has 3 N–H and O–H groups in total. The van der Waals surface area contributed by atoms with Gasteiger partial charge in [0, 0.05) is 0 Å². The van der Waals surface area contributed by atoms with Crippen molar-refractivity contribution in [3.05, 3.63) is 11.6 Å². The van der Waals surface area contributed by atoms with Gasteiger partial charge in [0.15, 0.2) is 0 Å². The van der Waals surface area contributed by atoms with E-state index in [1.165, 1.54) is 5.57 Å². The van der Waals surface area contributed by atoms with Gasteiger partial charge in [0.25, 0.3) is 0 Å². The van der Waals surface area contributed by atoms with Crippen molar-refractivity contribution in [1.82, 2.24) is 0 Å². The average Bonchev–Trinajstić information content (AvgIpc) is 2.76. The number of carbonyl (C=O) groups excluding carboxylic acids is 1. The van der Waals surface area contributed by atoms with Crippen LogP contribution in [0.2, 0.25) is 0 Å². The molecule has 0 aromatic heterocycles. The molecule has 5 aliphatic rings. The zero-order chi connectivity index (χ0) is 25.8. The molecular weight excluding hydrogens is 440 g/mol. The molecule has 0 amide bonds. The van der Waals surface area contributed by atoms with Crippen LogP contribution in [0.3, 0.4) is 0 Å². The van der Waals surface area contributed by atoms with E-state index in [1.807, 2.05) is 6.92 Å². The van der Waals surface area contributed by atoms with Crippen LogP contribution in [0.4, 0.5) is 0 Å². The van der Waals surface area contributed by atoms with Gasteiger partial charge in [0.05, 0.1) is 17.6 Å². The molecule has 4 saturated carbocycles. The summed E-state index contributed by atoms with van der Waals surface area (Å²) >= 11 is 0. The van der Waals surface area contributed by atoms with Gasteiger partial charge >= 0.3 is 5.97 Å². The summed E-state index contributed by atoms with van der Waals surface area (Å²) in [6, 6.07) is 0. The first-order chi connectivity index (χ1) is 16.1. The van der Waals surface area contributed by atoms with Gasteiger partial charge < -0.3 is 20.1 Å². The van der Waals surface area contributed by atoms with Gasteiger partial charge in [0.1, 0.15) is 11.7 Å². The highest BCUT2D eigenvalue weighted by molar-refractivity contribution is 5.77. The summed E-state index contributed by atoms with van der Waals surface area (Å²) in [5.41, 5.74) is -0.934. The second-order valence-corrected chi connectivity index (χ2v) is 14.8. The number of aldehydes is 1. The van der Waals surface area contributed by atoms with E-state index in [4.69, 9.17) is 0 Å². The van der Waals surface area contributed by atoms with Crippen molar-refractivity contribution >= 4 is 12.3 Å². The molecule has 0 radical (unpaired) electrons. The Balaban J connectivity index is 1.63. The minimum absolute atomic E-state index is 0.0507. The van der Waals surface area contributed by atoms with Crippen molar-refractivity contribution in [2.45, 2.75) is 112 Å². The van der Waals surface area contributed by atoms with E-state index in [1.54, 1.807) is 0 Å². The van der Waals surface area contributed by atoms with E-state index in [0.29, 0.717) is 25.2 Å². The number of allylic oxidation sites excluding steroid dienone is 2. The molecule has 0 saturated heterocycles. The third-order valence-corrected chi connectivity index (χ3v) is 13.0. The van der Waals surface area contributed by atoms with Crippen LogP contribution in [0.15, 0.2) is 11.6 Å². The molecule has 0 unspecified atom stereocenters. The van der Waals surface area contributed by atoms with E-state index in [-0.39, 0.29) is 33.5 Å². The molecular formula is C30H46O5. The van der Waals surface area contributed by atoms with Crippen LogP contribution in [0, 0.1) is 50.2 Å². The van der Waals surface area contributed by atoms with Crippen LogP contribution >= 0.6 is 0 Å². The number of aliphatic carboxylic acids is 1. The molecule has 4 fully saturated rings. The fourth-order valence-electron chi connectivity index (χ4n) is 10.6. The Bertz CT molecular complexity index is 970. The molecule has 5 nitrogen and oxygen atoms in total. The largest absolute Gasteiger partial charge is 0.481 e. The molecule has 10 atom stereocenters. The van der Waals surface area contributed by atoms with Gasteiger partial charge in [0.2, 0.25) is 0 Å². The lowest BCUT2D eigenvalue weighted by Crippen LogP contribution is -2.67. The normalized spacial score (nSPS) is 54.9. The Kier molecular flexibility index (Phi) is 5.40. The Morgan fingerprint density at radius 3 is 2.23 bits per heavy atom. The van der Waals surface area contributed by atoms with Crippen molar-refractivity contribution < 1.29 is 24.9 Å². The lowest BCUT2D eigenvalue weighted by molar-refractivity contribution is -0.217. The Morgan fingerprint density at radius 2 is 1.60 bits per heavy atom. The van der Waals surface area contributed by atoms with Gasteiger partial charge in [-0.1, -0.05) is 53.2 Å². The van der Waals surface area contributed by atoms with Crippen LogP contribution in [-0.4, -0.2) is 39.8 Å². The molecule has 35 heavy (non-hydrogen) atoms. The number of carboxylic acid groups (broad SMARTS) is 1. The molecule has 5 rings (SSSR count). The smallest absolute Gasteiger partial charge is 0.312 e. The van der Waals surface area contributed by atoms with Crippen LogP contribution in [-0.2, 0) is 9.59 Å². The number of aliphatic hydroxyl groups is 2. The van der Waals surface area contributed by atoms with Gasteiger partial charge in [-0.2, -0.15) is 0 Å². The van der Waals surface area contributed by atoms with Crippen LogP contribution in [0.25, 0.3) is 0 Å². The van der Waals surface area contributed by atoms with Gasteiger partial charge in [-0.3, -0.25) is 4.79 Å². The highest BCUT2D eigenvalue weighted by Crippen LogP contribution is 2.75. The Labute approximate surface area is 210 Å². The zero-order valence-electron chi connectivity index (χ0n) is 22.6. The van der Waals surface area contributed by atoms with E-state index in [9.17, 15) is 24.9 Å². The maximum Gasteiger partial charge on any atom is 0.312 e. The lowest BCUT2D eigenvalue weighted by atomic mass is 9.33. The molecule has 0 spiro atoms. The standard InChI is InChI=1S/C30H46O5/c1-25(2)13-14-30(24(34)35)19(15-25)18-7-8-21-26(3)11-10-22(32)27(4,17-31)20(26)9-12-28(21,5)29(18,6)16-23(30)33/h7,17,19-23,32-33H,8-16H2,1-6H3,(H,34,35)/t19-,20-,21-,22+,23-,26+,27+,28-,29-,30-/m1/s1. The summed E-state index contributed by atoms with van der Waals surface area (Å²) in [6.45, 7) is 13.5. The first kappa shape index (κ1) is 25.4. The number of rotatable bonds is 2. The zero-order valence-corrected chi connectivity index (χ0v) is 22.6. The van der Waals surface area contributed by atoms with E-state index >= 15 is 0 Å². The van der Waals surface area contributed by atoms with E-state index in [0.717, 1.165) is 44.8 Å². The number of carbonyl (C=O) groups is 2. The molecule has 5 aliphatic carbocycles. The van der Waals surface area contributed by atoms with Crippen LogP contribution in [0.1, 0.15) is 99.3 Å². The minimum atomic E-state index is -1.09. The quantitative estimate of drug-likeness (QED) is 0.360. The number of hydrogen-bond donors (Lipinski definition) is 3. The summed E-state index contributed by atoms with van der Waals surface area (Å²) in [6.07, 6.45) is 8.83. The van der Waals surface area contributed by atoms with E-state index in [2.05, 4.69) is 40.7 Å². The van der Waals surface area contributed by atoms with Crippen molar-refractivity contribution in [3.63, 3.8) is 0 Å². The number of fused-ring (bicyclic) bond motifs is 7. The van der Waals surface area contributed by atoms with Crippen molar-refractivity contribution in [1.29, 1.82) is 0 Å². The Morgan fingerprint density at radius 1 is 0.914 bits per heavy atom. The van der Waals surface area contributed by atoms with Gasteiger partial charge in [-0.15, -0.1) is 0 Å². The van der Waals surface area contributed by atoms with E-state index < -0.39 is 29.0 Å². The van der Waals surface area contributed by atoms with Crippen molar-refractivity contribution in [2.24, 2.45) is 50.2 Å². The number of hydrogen-bond acceptors (Lipinski definition) is 4. The number of aliphatic hydroxyl groups excluding tert-OH is 2. The molecule has 0 aliphatic heterocycles. The summed E-state index contributed by atoms with van der Waals surface area (Å²) in [5, 5.41) is 33.0. The molecule has 196 valence electrons. The fraction of sp³-hybridized carbons (Fsp3) is 0.867. The predicted octanol–water partition coefficient (Wildman–Crippen LogP) is 5.38. The summed E-state index contributed by atoms with van der Waals surface area (Å²) in [7, 11) is 0. The third kappa shape index (κ3) is 2.94. The van der Waals surface area contributed by atoms with Gasteiger partial charge in [-0.05, 0) is 97.2 Å². The second kappa shape index (κ2) is 7.43. The van der Waals surface area contributed by atoms with Crippen molar-refractivity contribution in [3.8, 4) is 0 Å². The summed E-state index contributed by atoms with van der Waals surface area (Å²) in [4.78, 5) is 25.1. The highest BCUT2D eigenvalue weighted by atomic mass is 16.4. The molecule has 0 aromatic rings. The fourth-order valence-corrected chi connectivity index (χ4v) is 10.6. The molecule has 0 heterocycles. The minimum Gasteiger partial charge on any atom is -0.481 e. The summed E-state index contributed by atoms with van der Waals surface area (Å²) in [5.74, 6) is -0.517. The topological polar surface area (TPSA) is 94.8 Å². The van der Waals surface area contributed by atoms with Gasteiger partial charge in [-0.25, -0.2) is 0 Å². The first-order valence-corrected chi connectivity index (χ1v) is 13.9. The predicted molar refractivity (Wildman–Crippen MR) is 134 cm³/mol. The molecule has 5 heteroatoms. The average molecular weight is 487 g/mol. The highest BCUT2D eigenvalue weighted by Gasteiger charge is 2.71. The maximum absolute atomic E-state index is 12.8. The second-order valence-electron chi connectivity index (χ2n) is 14.8.